The van der Waals surface area contributed by atoms with Crippen LogP contribution in [0.5, 0.6) is 0 Å². The molecule has 0 aliphatic carbocycles. The van der Waals surface area contributed by atoms with Crippen molar-refractivity contribution in [2.45, 2.75) is 52.5 Å². The van der Waals surface area contributed by atoms with Crippen molar-refractivity contribution in [1.29, 1.82) is 0 Å². The maximum Gasteiger partial charge on any atom is 0.220 e. The lowest BCUT2D eigenvalue weighted by molar-refractivity contribution is -0.122. The number of hydrogen-bond donors (Lipinski definition) is 2. The van der Waals surface area contributed by atoms with Crippen molar-refractivity contribution in [2.24, 2.45) is 11.3 Å². The lowest BCUT2D eigenvalue weighted by Crippen LogP contribution is -2.31. The Morgan fingerprint density at radius 3 is 2.61 bits per heavy atom. The number of halogens is 1. The first-order chi connectivity index (χ1) is 10.8. The van der Waals surface area contributed by atoms with Gasteiger partial charge in [0.25, 0.3) is 0 Å². The number of nitrogens with one attached hydrogen (secondary N) is 2. The van der Waals surface area contributed by atoms with Crippen molar-refractivity contribution in [3.8, 4) is 0 Å². The topological polar surface area (TPSA) is 41.1 Å². The van der Waals surface area contributed by atoms with Crippen LogP contribution in [0.4, 0.5) is 4.39 Å². The molecular formula is C19H29FN2O. The van der Waals surface area contributed by atoms with Gasteiger partial charge >= 0.3 is 0 Å². The van der Waals surface area contributed by atoms with E-state index in [9.17, 15) is 9.18 Å². The summed E-state index contributed by atoms with van der Waals surface area (Å²) in [6.07, 6.45) is 3.49. The van der Waals surface area contributed by atoms with E-state index in [2.05, 4.69) is 31.4 Å². The van der Waals surface area contributed by atoms with Gasteiger partial charge in [-0.15, -0.1) is 0 Å². The molecule has 1 aliphatic heterocycles. The highest BCUT2D eigenvalue weighted by atomic mass is 19.1. The number of carbonyl (C=O) groups is 1. The molecule has 0 spiro atoms. The van der Waals surface area contributed by atoms with Crippen molar-refractivity contribution in [1.82, 2.24) is 10.6 Å². The van der Waals surface area contributed by atoms with Gasteiger partial charge in [0.1, 0.15) is 5.82 Å². The van der Waals surface area contributed by atoms with Gasteiger partial charge in [-0.2, -0.15) is 0 Å². The molecule has 1 heterocycles. The minimum absolute atomic E-state index is 0.0650. The molecule has 4 heteroatoms. The van der Waals surface area contributed by atoms with E-state index in [1.54, 1.807) is 12.1 Å². The van der Waals surface area contributed by atoms with E-state index >= 15 is 0 Å². The molecule has 1 aliphatic rings. The largest absolute Gasteiger partial charge is 0.349 e. The normalized spacial score (nSPS) is 19.6. The Hall–Kier alpha value is -1.42. The van der Waals surface area contributed by atoms with Gasteiger partial charge in [0.05, 0.1) is 6.04 Å². The van der Waals surface area contributed by atoms with Crippen LogP contribution >= 0.6 is 0 Å². The van der Waals surface area contributed by atoms with E-state index in [0.717, 1.165) is 37.9 Å². The van der Waals surface area contributed by atoms with Crippen LogP contribution in [0.15, 0.2) is 24.3 Å². The van der Waals surface area contributed by atoms with Gasteiger partial charge in [0, 0.05) is 6.42 Å². The molecule has 0 saturated carbocycles. The zero-order valence-corrected chi connectivity index (χ0v) is 14.5. The van der Waals surface area contributed by atoms with Crippen molar-refractivity contribution in [2.75, 3.05) is 13.1 Å². The van der Waals surface area contributed by atoms with Gasteiger partial charge in [-0.25, -0.2) is 4.39 Å². The van der Waals surface area contributed by atoms with Crippen LogP contribution in [-0.4, -0.2) is 19.0 Å². The number of benzene rings is 1. The lowest BCUT2D eigenvalue weighted by Gasteiger charge is -2.27. The molecule has 2 N–H and O–H groups in total. The zero-order valence-electron chi connectivity index (χ0n) is 14.5. The molecule has 1 saturated heterocycles. The molecule has 1 aromatic rings. The van der Waals surface area contributed by atoms with Crippen molar-refractivity contribution < 1.29 is 9.18 Å². The fourth-order valence-corrected chi connectivity index (χ4v) is 3.12. The summed E-state index contributed by atoms with van der Waals surface area (Å²) in [5, 5.41) is 6.48. The first-order valence-electron chi connectivity index (χ1n) is 8.59. The van der Waals surface area contributed by atoms with Gasteiger partial charge in [0.2, 0.25) is 5.91 Å². The molecule has 1 amide bonds. The van der Waals surface area contributed by atoms with E-state index in [0.29, 0.717) is 12.3 Å². The third-order valence-electron chi connectivity index (χ3n) is 4.37. The van der Waals surface area contributed by atoms with E-state index in [-0.39, 0.29) is 23.2 Å². The summed E-state index contributed by atoms with van der Waals surface area (Å²) in [5.74, 6) is 0.464. The molecule has 0 bridgehead atoms. The second kappa shape index (κ2) is 7.91. The molecular weight excluding hydrogens is 291 g/mol. The average Bonchev–Trinajstić information content (AvgIpc) is 2.97. The Balaban J connectivity index is 1.95. The Labute approximate surface area is 139 Å². The third kappa shape index (κ3) is 6.30. The van der Waals surface area contributed by atoms with Crippen LogP contribution in [0.2, 0.25) is 0 Å². The monoisotopic (exact) mass is 320 g/mol. The van der Waals surface area contributed by atoms with Crippen molar-refractivity contribution >= 4 is 5.91 Å². The Bertz CT molecular complexity index is 501. The van der Waals surface area contributed by atoms with Gasteiger partial charge in [0.15, 0.2) is 0 Å². The molecule has 2 atom stereocenters. The summed E-state index contributed by atoms with van der Waals surface area (Å²) < 4.78 is 13.2. The van der Waals surface area contributed by atoms with Crippen LogP contribution in [0, 0.1) is 17.2 Å². The standard InChI is InChI=1S/C19H29FN2O/c1-19(2,3)12-17(15-5-7-16(20)8-6-15)22-18(23)9-4-14-10-11-21-13-14/h5-8,14,17,21H,4,9-13H2,1-3H3,(H,22,23). The number of amides is 1. The van der Waals surface area contributed by atoms with Crippen LogP contribution in [-0.2, 0) is 4.79 Å². The molecule has 3 nitrogen and oxygen atoms in total. The maximum atomic E-state index is 13.2. The molecule has 23 heavy (non-hydrogen) atoms. The minimum Gasteiger partial charge on any atom is -0.349 e. The molecule has 0 aromatic heterocycles. The van der Waals surface area contributed by atoms with Gasteiger partial charge in [-0.1, -0.05) is 32.9 Å². The first kappa shape index (κ1) is 17.9. The predicted molar refractivity (Wildman–Crippen MR) is 91.6 cm³/mol. The van der Waals surface area contributed by atoms with Gasteiger partial charge < -0.3 is 10.6 Å². The van der Waals surface area contributed by atoms with Crippen LogP contribution in [0.1, 0.15) is 58.1 Å². The number of carbonyl (C=O) groups excluding carboxylic acids is 1. The Morgan fingerprint density at radius 2 is 2.04 bits per heavy atom. The second-order valence-electron chi connectivity index (χ2n) is 7.83. The summed E-state index contributed by atoms with van der Waals surface area (Å²) in [6, 6.07) is 6.40. The summed E-state index contributed by atoms with van der Waals surface area (Å²) in [7, 11) is 0. The lowest BCUT2D eigenvalue weighted by atomic mass is 9.85. The molecule has 128 valence electrons. The fourth-order valence-electron chi connectivity index (χ4n) is 3.12. The predicted octanol–water partition coefficient (Wildman–Crippen LogP) is 3.81. The van der Waals surface area contributed by atoms with Gasteiger partial charge in [-0.05, 0) is 61.4 Å². The van der Waals surface area contributed by atoms with Crippen molar-refractivity contribution in [3.63, 3.8) is 0 Å². The number of rotatable bonds is 6. The fraction of sp³-hybridized carbons (Fsp3) is 0.632. The smallest absolute Gasteiger partial charge is 0.220 e. The number of hydrogen-bond acceptors (Lipinski definition) is 2. The molecule has 1 fully saturated rings. The highest BCUT2D eigenvalue weighted by Crippen LogP contribution is 2.29. The quantitative estimate of drug-likeness (QED) is 0.837. The van der Waals surface area contributed by atoms with E-state index < -0.39 is 0 Å². The molecule has 1 aromatic carbocycles. The van der Waals surface area contributed by atoms with Crippen LogP contribution in [0.25, 0.3) is 0 Å². The molecule has 2 rings (SSSR count). The third-order valence-corrected chi connectivity index (χ3v) is 4.37. The van der Waals surface area contributed by atoms with Crippen LogP contribution in [0.3, 0.4) is 0 Å². The Kier molecular flexibility index (Phi) is 6.17. The molecule has 0 radical (unpaired) electrons. The summed E-state index contributed by atoms with van der Waals surface area (Å²) in [4.78, 5) is 12.3. The van der Waals surface area contributed by atoms with Crippen LogP contribution < -0.4 is 10.6 Å². The van der Waals surface area contributed by atoms with E-state index in [1.807, 2.05) is 0 Å². The highest BCUT2D eigenvalue weighted by Gasteiger charge is 2.23. The summed E-state index contributed by atoms with van der Waals surface area (Å²) >= 11 is 0. The maximum absolute atomic E-state index is 13.2. The summed E-state index contributed by atoms with van der Waals surface area (Å²) in [5.41, 5.74) is 1.05. The summed E-state index contributed by atoms with van der Waals surface area (Å²) in [6.45, 7) is 8.55. The minimum atomic E-state index is -0.247. The highest BCUT2D eigenvalue weighted by molar-refractivity contribution is 5.76. The van der Waals surface area contributed by atoms with E-state index in [4.69, 9.17) is 0 Å². The zero-order chi connectivity index (χ0) is 16.9. The van der Waals surface area contributed by atoms with Crippen molar-refractivity contribution in [3.05, 3.63) is 35.6 Å². The second-order valence-corrected chi connectivity index (χ2v) is 7.83. The average molecular weight is 320 g/mol. The van der Waals surface area contributed by atoms with E-state index in [1.165, 1.54) is 12.1 Å². The van der Waals surface area contributed by atoms with Gasteiger partial charge in [-0.3, -0.25) is 4.79 Å². The Morgan fingerprint density at radius 1 is 1.35 bits per heavy atom. The first-order valence-corrected chi connectivity index (χ1v) is 8.59. The molecule has 2 unspecified atom stereocenters. The SMILES string of the molecule is CC(C)(C)CC(NC(=O)CCC1CCNC1)c1ccc(F)cc1.